The Balaban J connectivity index is 2.40. The highest BCUT2D eigenvalue weighted by molar-refractivity contribution is 6.66. The van der Waals surface area contributed by atoms with Crippen molar-refractivity contribution < 1.29 is 9.53 Å². The van der Waals surface area contributed by atoms with Gasteiger partial charge in [0.25, 0.3) is 0 Å². The van der Waals surface area contributed by atoms with Gasteiger partial charge in [-0.25, -0.2) is 14.8 Å². The second-order valence-electron chi connectivity index (χ2n) is 5.34. The van der Waals surface area contributed by atoms with Crippen molar-refractivity contribution >= 4 is 40.8 Å². The number of aromatic nitrogens is 2. The van der Waals surface area contributed by atoms with Crippen molar-refractivity contribution in [2.45, 2.75) is 3.79 Å². The zero-order valence-electron chi connectivity index (χ0n) is 13.6. The fraction of sp³-hybridized carbons (Fsp3) is 0.105. The van der Waals surface area contributed by atoms with Crippen molar-refractivity contribution in [3.8, 4) is 22.5 Å². The third kappa shape index (κ3) is 3.83. The van der Waals surface area contributed by atoms with E-state index in [-0.39, 0.29) is 11.4 Å². The highest BCUT2D eigenvalue weighted by atomic mass is 35.6. The summed E-state index contributed by atoms with van der Waals surface area (Å²) in [5.74, 6) is -0.591. The van der Waals surface area contributed by atoms with Gasteiger partial charge in [-0.2, -0.15) is 0 Å². The lowest BCUT2D eigenvalue weighted by molar-refractivity contribution is 0.0601. The molecule has 0 fully saturated rings. The summed E-state index contributed by atoms with van der Waals surface area (Å²) in [6, 6.07) is 18.3. The molecule has 2 aromatic carbocycles. The van der Waals surface area contributed by atoms with Crippen molar-refractivity contribution in [3.63, 3.8) is 0 Å². The molecule has 132 valence electrons. The SMILES string of the molecule is COC(=O)c1c(-c2ccccc2)nc(C(Cl)(Cl)Cl)nc1-c1ccccc1. The van der Waals surface area contributed by atoms with Crippen LogP contribution in [0.3, 0.4) is 0 Å². The zero-order valence-corrected chi connectivity index (χ0v) is 15.9. The monoisotopic (exact) mass is 406 g/mol. The summed E-state index contributed by atoms with van der Waals surface area (Å²) in [7, 11) is 1.30. The third-order valence-corrected chi connectivity index (χ3v) is 4.15. The number of carbonyl (C=O) groups excluding carboxylic acids is 1. The van der Waals surface area contributed by atoms with Crippen LogP contribution in [0.25, 0.3) is 22.5 Å². The second-order valence-corrected chi connectivity index (χ2v) is 7.62. The molecule has 3 rings (SSSR count). The van der Waals surface area contributed by atoms with Gasteiger partial charge in [0.1, 0.15) is 5.56 Å². The maximum atomic E-state index is 12.6. The van der Waals surface area contributed by atoms with Crippen LogP contribution in [0.5, 0.6) is 0 Å². The van der Waals surface area contributed by atoms with E-state index in [1.54, 1.807) is 0 Å². The number of hydrogen-bond acceptors (Lipinski definition) is 4. The third-order valence-electron chi connectivity index (χ3n) is 3.65. The average Bonchev–Trinajstić information content (AvgIpc) is 2.67. The number of alkyl halides is 3. The van der Waals surface area contributed by atoms with Gasteiger partial charge >= 0.3 is 5.97 Å². The van der Waals surface area contributed by atoms with Crippen LogP contribution in [-0.4, -0.2) is 23.0 Å². The van der Waals surface area contributed by atoms with Gasteiger partial charge in [0.05, 0.1) is 18.5 Å². The van der Waals surface area contributed by atoms with Crippen LogP contribution in [0.15, 0.2) is 60.7 Å². The molecule has 0 saturated heterocycles. The summed E-state index contributed by atoms with van der Waals surface area (Å²) >= 11 is 18.1. The summed E-state index contributed by atoms with van der Waals surface area (Å²) in [5.41, 5.74) is 2.26. The lowest BCUT2D eigenvalue weighted by atomic mass is 10.00. The van der Waals surface area contributed by atoms with Gasteiger partial charge in [-0.3, -0.25) is 0 Å². The van der Waals surface area contributed by atoms with Crippen LogP contribution in [0, 0.1) is 0 Å². The highest BCUT2D eigenvalue weighted by Crippen LogP contribution is 2.39. The fourth-order valence-corrected chi connectivity index (χ4v) is 2.75. The number of benzene rings is 2. The first-order valence-electron chi connectivity index (χ1n) is 7.60. The lowest BCUT2D eigenvalue weighted by Gasteiger charge is -2.17. The first kappa shape index (κ1) is 18.6. The van der Waals surface area contributed by atoms with E-state index in [2.05, 4.69) is 9.97 Å². The molecule has 1 aromatic heterocycles. The number of rotatable bonds is 3. The molecule has 4 nitrogen and oxygen atoms in total. The Morgan fingerprint density at radius 2 is 1.27 bits per heavy atom. The Hall–Kier alpha value is -2.14. The molecule has 0 atom stereocenters. The normalized spacial score (nSPS) is 11.2. The Labute approximate surface area is 165 Å². The minimum absolute atomic E-state index is 0.0205. The van der Waals surface area contributed by atoms with Crippen molar-refractivity contribution in [3.05, 3.63) is 72.1 Å². The predicted octanol–water partition coefficient (Wildman–Crippen LogP) is 5.42. The number of esters is 1. The summed E-state index contributed by atoms with van der Waals surface area (Å²) in [5, 5.41) is 0. The molecule has 3 aromatic rings. The summed E-state index contributed by atoms with van der Waals surface area (Å²) < 4.78 is 3.12. The number of methoxy groups -OCH3 is 1. The Kier molecular flexibility index (Phi) is 5.47. The molecule has 0 aliphatic carbocycles. The molecule has 0 unspecified atom stereocenters. The van der Waals surface area contributed by atoms with E-state index in [9.17, 15) is 4.79 Å². The maximum Gasteiger partial charge on any atom is 0.342 e. The van der Waals surface area contributed by atoms with Crippen molar-refractivity contribution in [2.24, 2.45) is 0 Å². The number of halogens is 3. The van der Waals surface area contributed by atoms with E-state index in [0.717, 1.165) is 0 Å². The molecule has 0 bridgehead atoms. The molecule has 0 radical (unpaired) electrons. The molecular weight excluding hydrogens is 395 g/mol. The topological polar surface area (TPSA) is 52.1 Å². The van der Waals surface area contributed by atoms with Gasteiger partial charge < -0.3 is 4.74 Å². The quantitative estimate of drug-likeness (QED) is 0.429. The van der Waals surface area contributed by atoms with Crippen LogP contribution in [-0.2, 0) is 8.53 Å². The van der Waals surface area contributed by atoms with Crippen molar-refractivity contribution in [1.82, 2.24) is 9.97 Å². The minimum Gasteiger partial charge on any atom is -0.465 e. The Bertz CT molecular complexity index is 866. The number of carbonyl (C=O) groups is 1. The molecule has 0 amide bonds. The van der Waals surface area contributed by atoms with Crippen LogP contribution in [0.4, 0.5) is 0 Å². The first-order valence-corrected chi connectivity index (χ1v) is 8.73. The van der Waals surface area contributed by atoms with E-state index in [0.29, 0.717) is 22.5 Å². The minimum atomic E-state index is -1.85. The maximum absolute atomic E-state index is 12.6. The summed E-state index contributed by atoms with van der Waals surface area (Å²) in [6.45, 7) is 0. The first-order chi connectivity index (χ1) is 12.4. The van der Waals surface area contributed by atoms with Crippen LogP contribution in [0.2, 0.25) is 0 Å². The van der Waals surface area contributed by atoms with Gasteiger partial charge in [-0.15, -0.1) is 0 Å². The molecule has 0 spiro atoms. The average molecular weight is 408 g/mol. The second kappa shape index (κ2) is 7.62. The van der Waals surface area contributed by atoms with Gasteiger partial charge in [0.15, 0.2) is 5.82 Å². The number of hydrogen-bond donors (Lipinski definition) is 0. The van der Waals surface area contributed by atoms with Gasteiger partial charge in [0, 0.05) is 11.1 Å². The van der Waals surface area contributed by atoms with Crippen LogP contribution >= 0.6 is 34.8 Å². The van der Waals surface area contributed by atoms with Crippen LogP contribution in [0.1, 0.15) is 16.2 Å². The van der Waals surface area contributed by atoms with E-state index in [1.165, 1.54) is 7.11 Å². The Morgan fingerprint density at radius 1 is 0.846 bits per heavy atom. The van der Waals surface area contributed by atoms with Crippen LogP contribution < -0.4 is 0 Å². The fourth-order valence-electron chi connectivity index (χ4n) is 2.49. The van der Waals surface area contributed by atoms with Crippen molar-refractivity contribution in [1.29, 1.82) is 0 Å². The molecule has 0 saturated carbocycles. The molecule has 7 heteroatoms. The van der Waals surface area contributed by atoms with Gasteiger partial charge in [0.2, 0.25) is 3.79 Å². The molecule has 0 aliphatic heterocycles. The summed E-state index contributed by atoms with van der Waals surface area (Å²) in [6.07, 6.45) is 0. The van der Waals surface area contributed by atoms with E-state index >= 15 is 0 Å². The molecule has 0 N–H and O–H groups in total. The predicted molar refractivity (Wildman–Crippen MR) is 103 cm³/mol. The largest absolute Gasteiger partial charge is 0.465 e. The number of ether oxygens (including phenoxy) is 1. The van der Waals surface area contributed by atoms with E-state index < -0.39 is 9.76 Å². The molecular formula is C19H13Cl3N2O2. The lowest BCUT2D eigenvalue weighted by Crippen LogP contribution is -2.15. The number of nitrogens with zero attached hydrogens (tertiary/aromatic N) is 2. The highest BCUT2D eigenvalue weighted by Gasteiger charge is 2.32. The van der Waals surface area contributed by atoms with E-state index in [4.69, 9.17) is 39.5 Å². The van der Waals surface area contributed by atoms with Gasteiger partial charge in [-0.05, 0) is 0 Å². The molecule has 0 aliphatic rings. The molecule has 26 heavy (non-hydrogen) atoms. The smallest absolute Gasteiger partial charge is 0.342 e. The summed E-state index contributed by atoms with van der Waals surface area (Å²) in [4.78, 5) is 21.3. The van der Waals surface area contributed by atoms with Crippen molar-refractivity contribution in [2.75, 3.05) is 7.11 Å². The van der Waals surface area contributed by atoms with E-state index in [1.807, 2.05) is 60.7 Å². The Morgan fingerprint density at radius 3 is 1.62 bits per heavy atom. The molecule has 1 heterocycles. The zero-order chi connectivity index (χ0) is 18.7. The standard InChI is InChI=1S/C19H13Cl3N2O2/c1-26-17(25)14-15(12-8-4-2-5-9-12)23-18(19(20,21)22)24-16(14)13-10-6-3-7-11-13/h2-11H,1H3. The van der Waals surface area contributed by atoms with Gasteiger partial charge in [-0.1, -0.05) is 95.5 Å².